The van der Waals surface area contributed by atoms with Crippen LogP contribution in [0.1, 0.15) is 11.6 Å². The van der Waals surface area contributed by atoms with Gasteiger partial charge in [0.2, 0.25) is 0 Å². The molecule has 1 amide bonds. The number of benzene rings is 1. The average molecular weight is 247 g/mol. The summed E-state index contributed by atoms with van der Waals surface area (Å²) in [5, 5.41) is 2.38. The van der Waals surface area contributed by atoms with Gasteiger partial charge in [-0.05, 0) is 6.07 Å². The highest BCUT2D eigenvalue weighted by Gasteiger charge is 2.26. The number of amides is 1. The van der Waals surface area contributed by atoms with E-state index in [1.807, 2.05) is 0 Å². The maximum Gasteiger partial charge on any atom is 0.407 e. The molecule has 1 heterocycles. The van der Waals surface area contributed by atoms with Gasteiger partial charge in [0.1, 0.15) is 18.2 Å². The Morgan fingerprint density at radius 1 is 1.47 bits per heavy atom. The Labute approximate surface area is 94.3 Å². The third kappa shape index (κ3) is 2.61. The first-order valence-corrected chi connectivity index (χ1v) is 4.74. The Bertz CT molecular complexity index is 439. The van der Waals surface area contributed by atoms with Gasteiger partial charge in [-0.15, -0.1) is 0 Å². The molecule has 1 fully saturated rings. The van der Waals surface area contributed by atoms with Crippen molar-refractivity contribution in [3.8, 4) is 5.75 Å². The number of hydrogen-bond acceptors (Lipinski definition) is 3. The van der Waals surface area contributed by atoms with Crippen molar-refractivity contribution in [2.45, 2.75) is 12.7 Å². The highest BCUT2D eigenvalue weighted by atomic mass is 19.3. The van der Waals surface area contributed by atoms with Crippen LogP contribution in [0.25, 0.3) is 0 Å². The molecule has 1 saturated heterocycles. The second-order valence-corrected chi connectivity index (χ2v) is 3.36. The maximum atomic E-state index is 13.5. The van der Waals surface area contributed by atoms with Gasteiger partial charge in [-0.1, -0.05) is 6.07 Å². The summed E-state index contributed by atoms with van der Waals surface area (Å²) >= 11 is 0. The number of alkyl carbamates (subject to hydrolysis) is 1. The van der Waals surface area contributed by atoms with E-state index in [1.54, 1.807) is 0 Å². The lowest BCUT2D eigenvalue weighted by atomic mass is 10.1. The van der Waals surface area contributed by atoms with Gasteiger partial charge < -0.3 is 14.8 Å². The molecule has 0 saturated carbocycles. The predicted molar refractivity (Wildman–Crippen MR) is 50.3 cm³/mol. The topological polar surface area (TPSA) is 47.6 Å². The molecule has 0 aromatic heterocycles. The van der Waals surface area contributed by atoms with Gasteiger partial charge in [0.05, 0.1) is 6.04 Å². The zero-order valence-electron chi connectivity index (χ0n) is 8.45. The highest BCUT2D eigenvalue weighted by molar-refractivity contribution is 5.70. The van der Waals surface area contributed by atoms with Crippen LogP contribution in [0.15, 0.2) is 18.2 Å². The first-order chi connectivity index (χ1) is 8.06. The quantitative estimate of drug-likeness (QED) is 0.890. The van der Waals surface area contributed by atoms with Gasteiger partial charge >= 0.3 is 12.7 Å². The Balaban J connectivity index is 2.17. The standard InChI is InChI=1S/C10H8F3NO3/c11-7-3-5(17-9(12)13)1-2-6(7)8-4-16-10(15)14-8/h1-3,8-9H,4H2,(H,14,15). The molecular formula is C10H8F3NO3. The van der Waals surface area contributed by atoms with Crippen LogP contribution in [-0.2, 0) is 4.74 Å². The summed E-state index contributed by atoms with van der Waals surface area (Å²) in [5.74, 6) is -1.01. The summed E-state index contributed by atoms with van der Waals surface area (Å²) in [7, 11) is 0. The number of ether oxygens (including phenoxy) is 2. The van der Waals surface area contributed by atoms with Crippen molar-refractivity contribution in [3.63, 3.8) is 0 Å². The lowest BCUT2D eigenvalue weighted by Crippen LogP contribution is -2.19. The Kier molecular flexibility index (Phi) is 3.08. The number of carbonyl (C=O) groups is 1. The van der Waals surface area contributed by atoms with Gasteiger partial charge in [-0.3, -0.25) is 0 Å². The minimum absolute atomic E-state index is 0.00477. The predicted octanol–water partition coefficient (Wildman–Crippen LogP) is 2.21. The van der Waals surface area contributed by atoms with Crippen molar-refractivity contribution in [1.29, 1.82) is 0 Å². The Morgan fingerprint density at radius 2 is 2.24 bits per heavy atom. The van der Waals surface area contributed by atoms with Crippen LogP contribution in [0.3, 0.4) is 0 Å². The van der Waals surface area contributed by atoms with E-state index in [1.165, 1.54) is 12.1 Å². The summed E-state index contributed by atoms with van der Waals surface area (Å²) in [6, 6.07) is 2.70. The van der Waals surface area contributed by atoms with E-state index in [0.29, 0.717) is 0 Å². The molecule has 92 valence electrons. The SMILES string of the molecule is O=C1NC(c2ccc(OC(F)F)cc2F)CO1. The number of alkyl halides is 2. The zero-order valence-corrected chi connectivity index (χ0v) is 8.45. The van der Waals surface area contributed by atoms with Crippen molar-refractivity contribution in [2.75, 3.05) is 6.61 Å². The number of carbonyl (C=O) groups excluding carboxylic acids is 1. The number of cyclic esters (lactones) is 1. The van der Waals surface area contributed by atoms with E-state index < -0.39 is 24.6 Å². The number of nitrogens with one attached hydrogen (secondary N) is 1. The molecule has 1 N–H and O–H groups in total. The molecule has 7 heteroatoms. The van der Waals surface area contributed by atoms with Crippen LogP contribution in [0, 0.1) is 5.82 Å². The normalized spacial score (nSPS) is 19.1. The first kappa shape index (κ1) is 11.6. The molecule has 1 aromatic rings. The molecule has 4 nitrogen and oxygen atoms in total. The van der Waals surface area contributed by atoms with Crippen LogP contribution in [0.4, 0.5) is 18.0 Å². The molecule has 1 aromatic carbocycles. The Morgan fingerprint density at radius 3 is 2.76 bits per heavy atom. The molecule has 1 unspecified atom stereocenters. The fourth-order valence-corrected chi connectivity index (χ4v) is 1.52. The lowest BCUT2D eigenvalue weighted by Gasteiger charge is -2.10. The van der Waals surface area contributed by atoms with Crippen LogP contribution in [-0.4, -0.2) is 19.3 Å². The number of halogens is 3. The summed E-state index contributed by atoms with van der Waals surface area (Å²) in [5.41, 5.74) is 0.164. The number of hydrogen-bond donors (Lipinski definition) is 1. The summed E-state index contributed by atoms with van der Waals surface area (Å²) in [6.07, 6.45) is -0.637. The van der Waals surface area contributed by atoms with Crippen molar-refractivity contribution >= 4 is 6.09 Å². The highest BCUT2D eigenvalue weighted by Crippen LogP contribution is 2.25. The van der Waals surface area contributed by atoms with Gasteiger partial charge in [-0.25, -0.2) is 9.18 Å². The fraction of sp³-hybridized carbons (Fsp3) is 0.300. The molecule has 1 aliphatic rings. The minimum Gasteiger partial charge on any atom is -0.447 e. The van der Waals surface area contributed by atoms with Crippen molar-refractivity contribution in [3.05, 3.63) is 29.6 Å². The number of rotatable bonds is 3. The Hall–Kier alpha value is -1.92. The van der Waals surface area contributed by atoms with Crippen molar-refractivity contribution < 1.29 is 27.4 Å². The van der Waals surface area contributed by atoms with Gasteiger partial charge in [0.25, 0.3) is 0 Å². The molecule has 0 spiro atoms. The zero-order chi connectivity index (χ0) is 12.4. The van der Waals surface area contributed by atoms with Gasteiger partial charge in [0, 0.05) is 11.6 Å². The van der Waals surface area contributed by atoms with E-state index in [2.05, 4.69) is 14.8 Å². The molecule has 1 atom stereocenters. The molecule has 0 aliphatic carbocycles. The lowest BCUT2D eigenvalue weighted by molar-refractivity contribution is -0.0500. The van der Waals surface area contributed by atoms with E-state index in [9.17, 15) is 18.0 Å². The molecule has 2 rings (SSSR count). The average Bonchev–Trinajstić information content (AvgIpc) is 2.64. The van der Waals surface area contributed by atoms with Crippen LogP contribution >= 0.6 is 0 Å². The van der Waals surface area contributed by atoms with E-state index in [0.717, 1.165) is 6.07 Å². The minimum atomic E-state index is -3.00. The summed E-state index contributed by atoms with van der Waals surface area (Å²) in [4.78, 5) is 10.8. The summed E-state index contributed by atoms with van der Waals surface area (Å²) in [6.45, 7) is -3.00. The third-order valence-corrected chi connectivity index (χ3v) is 2.25. The van der Waals surface area contributed by atoms with Crippen molar-refractivity contribution in [1.82, 2.24) is 5.32 Å². The second-order valence-electron chi connectivity index (χ2n) is 3.36. The second kappa shape index (κ2) is 4.52. The molecule has 17 heavy (non-hydrogen) atoms. The summed E-state index contributed by atoms with van der Waals surface area (Å²) < 4.78 is 46.0. The smallest absolute Gasteiger partial charge is 0.407 e. The largest absolute Gasteiger partial charge is 0.447 e. The van der Waals surface area contributed by atoms with Gasteiger partial charge in [0.15, 0.2) is 0 Å². The van der Waals surface area contributed by atoms with E-state index >= 15 is 0 Å². The first-order valence-electron chi connectivity index (χ1n) is 4.74. The van der Waals surface area contributed by atoms with E-state index in [4.69, 9.17) is 0 Å². The van der Waals surface area contributed by atoms with Crippen LogP contribution in [0.2, 0.25) is 0 Å². The molecule has 1 aliphatic heterocycles. The van der Waals surface area contributed by atoms with Crippen LogP contribution in [0.5, 0.6) is 5.75 Å². The van der Waals surface area contributed by atoms with Crippen LogP contribution < -0.4 is 10.1 Å². The monoisotopic (exact) mass is 247 g/mol. The third-order valence-electron chi connectivity index (χ3n) is 2.25. The van der Waals surface area contributed by atoms with Crippen molar-refractivity contribution in [2.24, 2.45) is 0 Å². The maximum absolute atomic E-state index is 13.5. The fourth-order valence-electron chi connectivity index (χ4n) is 1.52. The van der Waals surface area contributed by atoms with Gasteiger partial charge in [-0.2, -0.15) is 8.78 Å². The molecular weight excluding hydrogens is 239 g/mol. The molecule has 0 radical (unpaired) electrons. The van der Waals surface area contributed by atoms with E-state index in [-0.39, 0.29) is 17.9 Å². The molecule has 0 bridgehead atoms.